The maximum Gasteiger partial charge on any atom is 0.0850 e. The lowest BCUT2D eigenvalue weighted by atomic mass is 9.93. The van der Waals surface area contributed by atoms with Crippen LogP contribution in [0.1, 0.15) is 46.7 Å². The zero-order valence-electron chi connectivity index (χ0n) is 13.4. The fourth-order valence-corrected chi connectivity index (χ4v) is 3.51. The summed E-state index contributed by atoms with van der Waals surface area (Å²) in [5.74, 6) is 0. The molecule has 0 amide bonds. The van der Waals surface area contributed by atoms with Crippen molar-refractivity contribution in [2.24, 2.45) is 0 Å². The number of hydrogen-bond donors (Lipinski definition) is 1. The summed E-state index contributed by atoms with van der Waals surface area (Å²) in [6.45, 7) is 11.1. The Hall–Kier alpha value is -1.13. The molecular weight excluding hydrogens is 328 g/mol. The van der Waals surface area contributed by atoms with Crippen molar-refractivity contribution in [1.82, 2.24) is 9.78 Å². The van der Waals surface area contributed by atoms with Crippen molar-refractivity contribution < 1.29 is 5.11 Å². The molecule has 4 heteroatoms. The fourth-order valence-electron chi connectivity index (χ4n) is 3.07. The molecule has 0 radical (unpaired) electrons. The summed E-state index contributed by atoms with van der Waals surface area (Å²) in [6, 6.07) is 4.26. The SMILES string of the molecule is CCn1nc(C)c(Br)c1CC(O)c1c(C)cc(C)cc1C. The molecule has 0 spiro atoms. The molecule has 1 heterocycles. The predicted molar refractivity (Wildman–Crippen MR) is 89.7 cm³/mol. The van der Waals surface area contributed by atoms with Crippen molar-refractivity contribution in [3.05, 3.63) is 50.2 Å². The van der Waals surface area contributed by atoms with E-state index in [0.29, 0.717) is 6.42 Å². The highest BCUT2D eigenvalue weighted by molar-refractivity contribution is 9.10. The number of rotatable bonds is 4. The highest BCUT2D eigenvalue weighted by Gasteiger charge is 2.20. The maximum absolute atomic E-state index is 10.7. The Morgan fingerprint density at radius 3 is 2.29 bits per heavy atom. The predicted octanol–water partition coefficient (Wildman–Crippen LogP) is 4.18. The van der Waals surface area contributed by atoms with Crippen LogP contribution in [-0.2, 0) is 13.0 Å². The fraction of sp³-hybridized carbons (Fsp3) is 0.471. The van der Waals surface area contributed by atoms with Crippen molar-refractivity contribution in [3.8, 4) is 0 Å². The van der Waals surface area contributed by atoms with Crippen LogP contribution < -0.4 is 0 Å². The highest BCUT2D eigenvalue weighted by Crippen LogP contribution is 2.30. The van der Waals surface area contributed by atoms with Gasteiger partial charge in [-0.2, -0.15) is 5.10 Å². The Kier molecular flexibility index (Phi) is 4.89. The van der Waals surface area contributed by atoms with Crippen LogP contribution in [0.25, 0.3) is 0 Å². The summed E-state index contributed by atoms with van der Waals surface area (Å²) in [6.07, 6.45) is 0.0586. The molecule has 1 atom stereocenters. The Morgan fingerprint density at radius 2 is 1.76 bits per heavy atom. The lowest BCUT2D eigenvalue weighted by Crippen LogP contribution is -2.11. The quantitative estimate of drug-likeness (QED) is 0.898. The molecule has 1 aromatic heterocycles. The van der Waals surface area contributed by atoms with E-state index in [9.17, 15) is 5.11 Å². The zero-order chi connectivity index (χ0) is 15.7. The van der Waals surface area contributed by atoms with E-state index >= 15 is 0 Å². The van der Waals surface area contributed by atoms with E-state index < -0.39 is 6.10 Å². The van der Waals surface area contributed by atoms with Crippen LogP contribution in [0.2, 0.25) is 0 Å². The number of aliphatic hydroxyl groups excluding tert-OH is 1. The number of hydrogen-bond acceptors (Lipinski definition) is 2. The summed E-state index contributed by atoms with van der Waals surface area (Å²) >= 11 is 3.60. The highest BCUT2D eigenvalue weighted by atomic mass is 79.9. The molecule has 1 N–H and O–H groups in total. The van der Waals surface area contributed by atoms with Gasteiger partial charge in [0.25, 0.3) is 0 Å². The van der Waals surface area contributed by atoms with Crippen molar-refractivity contribution >= 4 is 15.9 Å². The molecule has 0 saturated carbocycles. The Balaban J connectivity index is 2.37. The molecule has 1 aromatic carbocycles. The third kappa shape index (κ3) is 3.22. The van der Waals surface area contributed by atoms with Gasteiger partial charge in [0.15, 0.2) is 0 Å². The number of nitrogens with zero attached hydrogens (tertiary/aromatic N) is 2. The first-order chi connectivity index (χ1) is 9.85. The molecule has 0 bridgehead atoms. The lowest BCUT2D eigenvalue weighted by molar-refractivity contribution is 0.173. The number of aliphatic hydroxyl groups is 1. The van der Waals surface area contributed by atoms with Gasteiger partial charge in [0, 0.05) is 13.0 Å². The maximum atomic E-state index is 10.7. The standard InChI is InChI=1S/C17H23BrN2O/c1-6-20-14(17(18)13(5)19-20)9-15(21)16-11(3)7-10(2)8-12(16)4/h7-8,15,21H,6,9H2,1-5H3. The van der Waals surface area contributed by atoms with Crippen LogP contribution in [0.3, 0.4) is 0 Å². The summed E-state index contributed by atoms with van der Waals surface area (Å²) in [5, 5.41) is 15.2. The molecule has 114 valence electrons. The summed E-state index contributed by atoms with van der Waals surface area (Å²) in [5.41, 5.74) is 6.59. The van der Waals surface area contributed by atoms with Crippen LogP contribution in [0.5, 0.6) is 0 Å². The molecule has 1 unspecified atom stereocenters. The van der Waals surface area contributed by atoms with E-state index in [4.69, 9.17) is 0 Å². The van der Waals surface area contributed by atoms with E-state index in [1.165, 1.54) is 5.56 Å². The molecule has 21 heavy (non-hydrogen) atoms. The molecule has 0 saturated heterocycles. The van der Waals surface area contributed by atoms with Gasteiger partial charge in [-0.25, -0.2) is 0 Å². The van der Waals surface area contributed by atoms with Crippen molar-refractivity contribution in [2.75, 3.05) is 0 Å². The molecular formula is C17H23BrN2O. The van der Waals surface area contributed by atoms with Gasteiger partial charge in [-0.3, -0.25) is 4.68 Å². The van der Waals surface area contributed by atoms with Gasteiger partial charge < -0.3 is 5.11 Å². The molecule has 0 aliphatic heterocycles. The number of aromatic nitrogens is 2. The largest absolute Gasteiger partial charge is 0.388 e. The van der Waals surface area contributed by atoms with E-state index in [0.717, 1.165) is 39.1 Å². The monoisotopic (exact) mass is 350 g/mol. The molecule has 0 aliphatic carbocycles. The second kappa shape index (κ2) is 6.32. The first-order valence-corrected chi connectivity index (χ1v) is 8.12. The van der Waals surface area contributed by atoms with Crippen LogP contribution in [-0.4, -0.2) is 14.9 Å². The average Bonchev–Trinajstić information content (AvgIpc) is 2.65. The third-order valence-electron chi connectivity index (χ3n) is 3.91. The summed E-state index contributed by atoms with van der Waals surface area (Å²) in [4.78, 5) is 0. The zero-order valence-corrected chi connectivity index (χ0v) is 15.0. The Labute approximate surface area is 135 Å². The van der Waals surface area contributed by atoms with Gasteiger partial charge in [0.2, 0.25) is 0 Å². The van der Waals surface area contributed by atoms with Crippen molar-refractivity contribution in [3.63, 3.8) is 0 Å². The van der Waals surface area contributed by atoms with Crippen molar-refractivity contribution in [1.29, 1.82) is 0 Å². The van der Waals surface area contributed by atoms with Crippen LogP contribution >= 0.6 is 15.9 Å². The smallest absolute Gasteiger partial charge is 0.0850 e. The number of benzene rings is 1. The van der Waals surface area contributed by atoms with Gasteiger partial charge in [0.1, 0.15) is 0 Å². The molecule has 0 aliphatic rings. The minimum Gasteiger partial charge on any atom is -0.388 e. The average molecular weight is 351 g/mol. The Morgan fingerprint density at radius 1 is 1.19 bits per heavy atom. The summed E-state index contributed by atoms with van der Waals surface area (Å²) in [7, 11) is 0. The van der Waals surface area contributed by atoms with Crippen LogP contribution in [0.15, 0.2) is 16.6 Å². The van der Waals surface area contributed by atoms with Gasteiger partial charge in [-0.1, -0.05) is 17.7 Å². The van der Waals surface area contributed by atoms with Gasteiger partial charge in [-0.05, 0) is 67.2 Å². The topological polar surface area (TPSA) is 38.0 Å². The third-order valence-corrected chi connectivity index (χ3v) is 4.94. The molecule has 2 rings (SSSR count). The molecule has 0 fully saturated rings. The van der Waals surface area contributed by atoms with E-state index in [2.05, 4.69) is 60.9 Å². The number of aryl methyl sites for hydroxylation is 5. The van der Waals surface area contributed by atoms with E-state index in [-0.39, 0.29) is 0 Å². The Bertz CT molecular complexity index is 638. The van der Waals surface area contributed by atoms with Crippen LogP contribution in [0, 0.1) is 27.7 Å². The van der Waals surface area contributed by atoms with Gasteiger partial charge in [0.05, 0.1) is 22.0 Å². The summed E-state index contributed by atoms with van der Waals surface area (Å²) < 4.78 is 2.97. The normalized spacial score (nSPS) is 12.7. The lowest BCUT2D eigenvalue weighted by Gasteiger charge is -2.18. The second-order valence-electron chi connectivity index (χ2n) is 5.69. The van der Waals surface area contributed by atoms with Crippen molar-refractivity contribution in [2.45, 2.75) is 53.7 Å². The minimum atomic E-state index is -0.511. The number of halogens is 1. The second-order valence-corrected chi connectivity index (χ2v) is 6.49. The minimum absolute atomic E-state index is 0.511. The van der Waals surface area contributed by atoms with Gasteiger partial charge in [-0.15, -0.1) is 0 Å². The first kappa shape index (κ1) is 16.2. The molecule has 2 aromatic rings. The van der Waals surface area contributed by atoms with E-state index in [1.807, 2.05) is 11.6 Å². The first-order valence-electron chi connectivity index (χ1n) is 7.32. The van der Waals surface area contributed by atoms with Crippen LogP contribution in [0.4, 0.5) is 0 Å². The molecule has 3 nitrogen and oxygen atoms in total. The van der Waals surface area contributed by atoms with E-state index in [1.54, 1.807) is 0 Å². The van der Waals surface area contributed by atoms with Gasteiger partial charge >= 0.3 is 0 Å².